The maximum atomic E-state index is 13.5. The molecule has 6 saturated heterocycles. The van der Waals surface area contributed by atoms with Gasteiger partial charge >= 0.3 is 5.97 Å². The van der Waals surface area contributed by atoms with Crippen LogP contribution in [0.1, 0.15) is 34.1 Å². The molecule has 0 saturated carbocycles. The number of hydrogen-bond acceptors (Lipinski definition) is 33. The molecule has 38 heteroatoms. The number of ether oxygens (including phenoxy) is 11. The lowest BCUT2D eigenvalue weighted by Crippen LogP contribution is -2.72. The van der Waals surface area contributed by atoms with Crippen LogP contribution in [0.15, 0.2) is 0 Å². The maximum Gasteiger partial charge on any atom is 0.364 e. The minimum absolute atomic E-state index is 0.767. The van der Waals surface area contributed by atoms with Gasteiger partial charge in [-0.15, -0.1) is 0 Å². The Labute approximate surface area is 481 Å². The van der Waals surface area contributed by atoms with Gasteiger partial charge in [0.1, 0.15) is 140 Å². The topological polar surface area (TPSA) is 599 Å². The molecule has 490 valence electrons. The summed E-state index contributed by atoms with van der Waals surface area (Å²) in [6.45, 7) is -2.38. The third kappa shape index (κ3) is 15.8. The van der Waals surface area contributed by atoms with E-state index in [0.29, 0.717) is 0 Å². The van der Waals surface area contributed by atoms with E-state index in [4.69, 9.17) is 52.1 Å². The smallest absolute Gasteiger partial charge is 0.364 e. The van der Waals surface area contributed by atoms with E-state index >= 15 is 0 Å². The summed E-state index contributed by atoms with van der Waals surface area (Å²) in [6, 6.07) is -6.95. The van der Waals surface area contributed by atoms with Gasteiger partial charge in [0.15, 0.2) is 31.5 Å². The van der Waals surface area contributed by atoms with Gasteiger partial charge in [0.05, 0.1) is 51.8 Å². The first-order valence-electron chi connectivity index (χ1n) is 26.7. The largest absolute Gasteiger partial charge is 0.477 e. The Morgan fingerprint density at radius 2 is 0.929 bits per heavy atom. The van der Waals surface area contributed by atoms with Gasteiger partial charge < -0.3 is 165 Å². The van der Waals surface area contributed by atoms with Crippen molar-refractivity contribution >= 4 is 29.6 Å². The molecule has 38 nitrogen and oxygen atoms in total. The number of aliphatic hydroxyl groups is 17. The molecule has 1 unspecified atom stereocenters. The summed E-state index contributed by atoms with van der Waals surface area (Å²) in [5.74, 6) is -8.95. The zero-order valence-electron chi connectivity index (χ0n) is 45.9. The lowest BCUT2D eigenvalue weighted by Gasteiger charge is -2.52. The van der Waals surface area contributed by atoms with Crippen molar-refractivity contribution in [2.75, 3.05) is 39.6 Å². The normalized spacial score (nSPS) is 45.0. The standard InChI is InChI=1S/C47H78N4O34/c1-12(57)48-23-16(61)5-47(46(73)74,84-39(23)27(63)17(62)6-52)85-40-35(71)45(80-21(10-56)36(40)81-44-34(70)33(69)29(65)19(8-54)79-44)83-37-25(50-14(3)59)41(72)76-22(31(37)67)11-75-42-26(51-15(4)60)38(30(66)20(9-55)77-42)82-43-24(49-13(2)58)32(68)28(64)18(7-53)78-43/h16-45,52-56,61-72H,5-11H2,1-4H3,(H,48,57)(H,49,58)(H,50,59)(H,51,60)(H,73,74)/t16-,17+,18+,19+,20+,21+,22+,23+,24+,25+,26+,27+,28+,29-,30+,31-,32+,33-,34+,35+,36-,37+,38+,39+,40+,41?,42+,43-,44-,45-,47-/m0/s1. The van der Waals surface area contributed by atoms with Crippen molar-refractivity contribution in [1.82, 2.24) is 21.3 Å². The molecule has 0 bridgehead atoms. The highest BCUT2D eigenvalue weighted by Gasteiger charge is 2.62. The van der Waals surface area contributed by atoms with Crippen molar-refractivity contribution in [2.45, 2.75) is 224 Å². The van der Waals surface area contributed by atoms with E-state index in [9.17, 15) is 116 Å². The van der Waals surface area contributed by atoms with Gasteiger partial charge in [0.2, 0.25) is 23.6 Å². The van der Waals surface area contributed by atoms with Crippen LogP contribution in [-0.2, 0) is 76.1 Å². The summed E-state index contributed by atoms with van der Waals surface area (Å²) < 4.78 is 64.2. The third-order valence-corrected chi connectivity index (χ3v) is 15.0. The van der Waals surface area contributed by atoms with Crippen LogP contribution in [0.3, 0.4) is 0 Å². The number of carboxylic acid groups (broad SMARTS) is 1. The second-order valence-corrected chi connectivity index (χ2v) is 21.2. The lowest BCUT2D eigenvalue weighted by atomic mass is 9.88. The van der Waals surface area contributed by atoms with Crippen LogP contribution in [-0.4, -0.2) is 351 Å². The maximum absolute atomic E-state index is 13.5. The summed E-state index contributed by atoms with van der Waals surface area (Å²) in [5, 5.41) is 205. The van der Waals surface area contributed by atoms with Crippen LogP contribution in [0.25, 0.3) is 0 Å². The number of aliphatic hydroxyl groups excluding tert-OH is 17. The fourth-order valence-electron chi connectivity index (χ4n) is 10.7. The van der Waals surface area contributed by atoms with E-state index in [0.717, 1.165) is 27.7 Å². The fraction of sp³-hybridized carbons (Fsp3) is 0.894. The number of carbonyl (C=O) groups is 5. The minimum atomic E-state index is -3.37. The molecular formula is C47H78N4O34. The van der Waals surface area contributed by atoms with Gasteiger partial charge in [-0.3, -0.25) is 19.2 Å². The molecule has 0 aromatic rings. The summed E-state index contributed by atoms with van der Waals surface area (Å²) in [4.78, 5) is 63.4. The van der Waals surface area contributed by atoms with E-state index in [2.05, 4.69) is 21.3 Å². The average Bonchev–Trinajstić information content (AvgIpc) is 1.95. The van der Waals surface area contributed by atoms with E-state index < -0.39 is 265 Å². The molecule has 6 aliphatic heterocycles. The van der Waals surface area contributed by atoms with E-state index in [1.54, 1.807) is 0 Å². The van der Waals surface area contributed by atoms with E-state index in [1.165, 1.54) is 0 Å². The number of carboxylic acids is 1. The highest BCUT2D eigenvalue weighted by Crippen LogP contribution is 2.41. The van der Waals surface area contributed by atoms with Gasteiger partial charge in [0, 0.05) is 34.1 Å². The van der Waals surface area contributed by atoms with Crippen LogP contribution in [0.5, 0.6) is 0 Å². The Balaban J connectivity index is 1.35. The monoisotopic (exact) mass is 1240 g/mol. The Morgan fingerprint density at radius 1 is 0.482 bits per heavy atom. The average molecular weight is 1240 g/mol. The first-order valence-corrected chi connectivity index (χ1v) is 26.7. The van der Waals surface area contributed by atoms with Crippen molar-refractivity contribution in [3.63, 3.8) is 0 Å². The molecule has 6 rings (SSSR count). The Kier molecular flexibility index (Phi) is 24.9. The molecule has 0 aromatic carbocycles. The van der Waals surface area contributed by atoms with Gasteiger partial charge in [-0.1, -0.05) is 0 Å². The quantitative estimate of drug-likeness (QED) is 0.0452. The molecule has 6 heterocycles. The van der Waals surface area contributed by atoms with Gasteiger partial charge in [-0.2, -0.15) is 0 Å². The second kappa shape index (κ2) is 30.2. The van der Waals surface area contributed by atoms with Crippen LogP contribution in [0.4, 0.5) is 0 Å². The summed E-state index contributed by atoms with van der Waals surface area (Å²) in [5.41, 5.74) is 0. The number of amides is 4. The summed E-state index contributed by atoms with van der Waals surface area (Å²) in [6.07, 6.45) is -54.7. The fourth-order valence-corrected chi connectivity index (χ4v) is 10.7. The molecule has 22 N–H and O–H groups in total. The van der Waals surface area contributed by atoms with Gasteiger partial charge in [-0.25, -0.2) is 4.79 Å². The molecule has 0 aromatic heterocycles. The highest BCUT2D eigenvalue weighted by molar-refractivity contribution is 5.77. The Bertz CT molecular complexity index is 2210. The second-order valence-electron chi connectivity index (χ2n) is 21.2. The van der Waals surface area contributed by atoms with Crippen LogP contribution in [0, 0.1) is 0 Å². The number of aliphatic carboxylic acids is 1. The zero-order valence-corrected chi connectivity index (χ0v) is 45.9. The molecule has 85 heavy (non-hydrogen) atoms. The molecule has 0 spiro atoms. The summed E-state index contributed by atoms with van der Waals surface area (Å²) >= 11 is 0. The molecule has 31 atom stereocenters. The predicted molar refractivity (Wildman–Crippen MR) is 263 cm³/mol. The SMILES string of the molecule is CC(=O)N[C@H]1[C@H](O[C@H]2[C@H](O)[C@@H](CO)O[C@@H](OC[C@H]3OC(O)[C@H](NC(C)=O)[C@@H](O[C@@H]4O[C@H](CO)[C@H](O[C@@H]5O[C@H](CO)[C@H](O)[C@H](O)[C@H]5O)[C@H](O[C@]5(C(=O)O)C[C@H](O)[C@@H](NC(C)=O)[C@H]([C@H](O)[C@H](O)CO)O5)[C@H]4O)[C@H]3O)[C@@H]2NC(C)=O)O[C@H](CO)[C@@H](O)[C@@H]1O. The van der Waals surface area contributed by atoms with Crippen LogP contribution in [0.2, 0.25) is 0 Å². The lowest BCUT2D eigenvalue weighted by molar-refractivity contribution is -0.401. The van der Waals surface area contributed by atoms with Crippen molar-refractivity contribution in [3.05, 3.63) is 0 Å². The molecular weight excluding hydrogens is 1160 g/mol. The Hall–Kier alpha value is -3.77. The van der Waals surface area contributed by atoms with Crippen molar-refractivity contribution in [3.8, 4) is 0 Å². The van der Waals surface area contributed by atoms with Crippen LogP contribution < -0.4 is 21.3 Å². The van der Waals surface area contributed by atoms with Crippen molar-refractivity contribution in [2.24, 2.45) is 0 Å². The number of rotatable bonds is 23. The van der Waals surface area contributed by atoms with Crippen LogP contribution >= 0.6 is 0 Å². The first kappa shape index (κ1) is 70.3. The van der Waals surface area contributed by atoms with Crippen molar-refractivity contribution in [1.29, 1.82) is 0 Å². The number of nitrogens with one attached hydrogen (secondary N) is 4. The molecule has 6 fully saturated rings. The number of carbonyl (C=O) groups excluding carboxylic acids is 4. The number of hydrogen-bond donors (Lipinski definition) is 22. The van der Waals surface area contributed by atoms with Crippen molar-refractivity contribution < 1.29 is 168 Å². The van der Waals surface area contributed by atoms with E-state index in [-0.39, 0.29) is 0 Å². The minimum Gasteiger partial charge on any atom is -0.477 e. The molecule has 0 aliphatic carbocycles. The first-order chi connectivity index (χ1) is 40.0. The summed E-state index contributed by atoms with van der Waals surface area (Å²) in [7, 11) is 0. The van der Waals surface area contributed by atoms with Gasteiger partial charge in [0.25, 0.3) is 5.79 Å². The van der Waals surface area contributed by atoms with E-state index in [1.807, 2.05) is 0 Å². The Morgan fingerprint density at radius 3 is 1.48 bits per heavy atom. The highest BCUT2D eigenvalue weighted by atomic mass is 16.8. The molecule has 6 aliphatic rings. The molecule has 4 amide bonds. The van der Waals surface area contributed by atoms with Gasteiger partial charge in [-0.05, 0) is 0 Å². The molecule has 0 radical (unpaired) electrons. The predicted octanol–water partition coefficient (Wildman–Crippen LogP) is -14.3. The zero-order chi connectivity index (χ0) is 63.3. The third-order valence-electron chi connectivity index (χ3n) is 15.0.